The summed E-state index contributed by atoms with van der Waals surface area (Å²) < 4.78 is 5.26. The molecule has 4 nitrogen and oxygen atoms in total. The summed E-state index contributed by atoms with van der Waals surface area (Å²) in [7, 11) is 0. The maximum atomic E-state index is 5.93. The molecule has 0 amide bonds. The summed E-state index contributed by atoms with van der Waals surface area (Å²) in [5, 5.41) is 1.50. The van der Waals surface area contributed by atoms with Gasteiger partial charge in [0.25, 0.3) is 0 Å². The molecule has 0 spiro atoms. The third-order valence-electron chi connectivity index (χ3n) is 2.11. The molecule has 0 saturated carbocycles. The smallest absolute Gasteiger partial charge is 0.187 e. The summed E-state index contributed by atoms with van der Waals surface area (Å²) >= 11 is 7.49. The van der Waals surface area contributed by atoms with Gasteiger partial charge in [0.1, 0.15) is 5.15 Å². The molecule has 1 fully saturated rings. The summed E-state index contributed by atoms with van der Waals surface area (Å²) in [4.78, 5) is 7.41. The molecule has 0 bridgehead atoms. The van der Waals surface area contributed by atoms with Crippen molar-refractivity contribution >= 4 is 28.1 Å². The number of hydrogen-bond donors (Lipinski definition) is 1. The van der Waals surface area contributed by atoms with Crippen LogP contribution in [0.4, 0.5) is 5.13 Å². The lowest BCUT2D eigenvalue weighted by Crippen LogP contribution is -2.36. The van der Waals surface area contributed by atoms with Crippen LogP contribution in [-0.4, -0.2) is 31.3 Å². The summed E-state index contributed by atoms with van der Waals surface area (Å²) in [5.74, 6) is 0. The van der Waals surface area contributed by atoms with Crippen molar-refractivity contribution < 1.29 is 4.74 Å². The van der Waals surface area contributed by atoms with E-state index in [1.54, 1.807) is 11.3 Å². The highest BCUT2D eigenvalue weighted by Gasteiger charge is 2.16. The summed E-state index contributed by atoms with van der Waals surface area (Å²) in [6, 6.07) is 0. The van der Waals surface area contributed by atoms with Gasteiger partial charge in [-0.3, -0.25) is 0 Å². The SMILES string of the molecule is NCc1sc(N2CCOCC2)nc1Cl. The van der Waals surface area contributed by atoms with Crippen molar-refractivity contribution in [3.05, 3.63) is 10.0 Å². The van der Waals surface area contributed by atoms with Crippen molar-refractivity contribution in [1.29, 1.82) is 0 Å². The first-order valence-electron chi connectivity index (χ1n) is 4.49. The normalized spacial score (nSPS) is 17.4. The topological polar surface area (TPSA) is 51.4 Å². The Morgan fingerprint density at radius 3 is 2.79 bits per heavy atom. The Kier molecular flexibility index (Phi) is 3.22. The van der Waals surface area contributed by atoms with Crippen molar-refractivity contribution in [1.82, 2.24) is 4.98 Å². The number of ether oxygens (including phenoxy) is 1. The molecule has 6 heteroatoms. The van der Waals surface area contributed by atoms with Crippen LogP contribution >= 0.6 is 22.9 Å². The van der Waals surface area contributed by atoms with Gasteiger partial charge in [0.05, 0.1) is 18.1 Å². The number of aromatic nitrogens is 1. The van der Waals surface area contributed by atoms with E-state index in [2.05, 4.69) is 9.88 Å². The molecular weight excluding hydrogens is 222 g/mol. The van der Waals surface area contributed by atoms with Crippen LogP contribution in [0, 0.1) is 0 Å². The van der Waals surface area contributed by atoms with Crippen LogP contribution in [0.5, 0.6) is 0 Å². The van der Waals surface area contributed by atoms with Gasteiger partial charge in [-0.15, -0.1) is 0 Å². The summed E-state index contributed by atoms with van der Waals surface area (Å²) in [5.41, 5.74) is 5.54. The molecule has 0 radical (unpaired) electrons. The number of hydrogen-bond acceptors (Lipinski definition) is 5. The fourth-order valence-corrected chi connectivity index (χ4v) is 2.54. The van der Waals surface area contributed by atoms with E-state index >= 15 is 0 Å². The van der Waals surface area contributed by atoms with E-state index in [1.165, 1.54) is 0 Å². The number of halogens is 1. The molecule has 2 rings (SSSR count). The summed E-state index contributed by atoms with van der Waals surface area (Å²) in [6.07, 6.45) is 0. The Morgan fingerprint density at radius 1 is 1.50 bits per heavy atom. The van der Waals surface area contributed by atoms with Gasteiger partial charge < -0.3 is 15.4 Å². The predicted molar refractivity (Wildman–Crippen MR) is 58.0 cm³/mol. The molecule has 1 aromatic heterocycles. The lowest BCUT2D eigenvalue weighted by molar-refractivity contribution is 0.122. The Labute approximate surface area is 91.6 Å². The molecule has 1 saturated heterocycles. The minimum absolute atomic E-state index is 0.459. The second-order valence-corrected chi connectivity index (χ2v) is 4.43. The van der Waals surface area contributed by atoms with Crippen molar-refractivity contribution in [2.45, 2.75) is 6.54 Å². The Hall–Kier alpha value is -0.360. The van der Waals surface area contributed by atoms with Gasteiger partial charge in [0, 0.05) is 19.6 Å². The first kappa shape index (κ1) is 10.2. The van der Waals surface area contributed by atoms with Gasteiger partial charge >= 0.3 is 0 Å². The van der Waals surface area contributed by atoms with Crippen LogP contribution in [0.1, 0.15) is 4.88 Å². The highest BCUT2D eigenvalue weighted by atomic mass is 35.5. The maximum absolute atomic E-state index is 5.93. The Balaban J connectivity index is 2.14. The molecule has 2 N–H and O–H groups in total. The minimum Gasteiger partial charge on any atom is -0.378 e. The monoisotopic (exact) mass is 233 g/mol. The van der Waals surface area contributed by atoms with Crippen LogP contribution < -0.4 is 10.6 Å². The van der Waals surface area contributed by atoms with E-state index < -0.39 is 0 Å². The molecule has 14 heavy (non-hydrogen) atoms. The Bertz CT molecular complexity index is 312. The molecule has 78 valence electrons. The van der Waals surface area contributed by atoms with Gasteiger partial charge in [0.15, 0.2) is 5.13 Å². The van der Waals surface area contributed by atoms with Gasteiger partial charge in [-0.25, -0.2) is 4.98 Å². The van der Waals surface area contributed by atoms with E-state index in [9.17, 15) is 0 Å². The van der Waals surface area contributed by atoms with Gasteiger partial charge in [-0.2, -0.15) is 0 Å². The fourth-order valence-electron chi connectivity index (χ4n) is 1.34. The first-order valence-corrected chi connectivity index (χ1v) is 5.68. The lowest BCUT2D eigenvalue weighted by Gasteiger charge is -2.25. The largest absolute Gasteiger partial charge is 0.378 e. The zero-order chi connectivity index (χ0) is 9.97. The van der Waals surface area contributed by atoms with Crippen molar-refractivity contribution in [2.75, 3.05) is 31.2 Å². The quantitative estimate of drug-likeness (QED) is 0.831. The predicted octanol–water partition coefficient (Wildman–Crippen LogP) is 1.09. The molecule has 2 heterocycles. The highest BCUT2D eigenvalue weighted by molar-refractivity contribution is 7.16. The maximum Gasteiger partial charge on any atom is 0.187 e. The number of nitrogens with zero attached hydrogens (tertiary/aromatic N) is 2. The average molecular weight is 234 g/mol. The number of morpholine rings is 1. The molecule has 0 atom stereocenters. The van der Waals surface area contributed by atoms with Gasteiger partial charge in [0.2, 0.25) is 0 Å². The standard InChI is InChI=1S/C8H12ClN3OS/c9-7-6(5-10)14-8(11-7)12-1-3-13-4-2-12/h1-5,10H2. The van der Waals surface area contributed by atoms with E-state index in [0.717, 1.165) is 36.3 Å². The molecule has 1 aliphatic rings. The number of rotatable bonds is 2. The van der Waals surface area contributed by atoms with Gasteiger partial charge in [-0.05, 0) is 0 Å². The zero-order valence-electron chi connectivity index (χ0n) is 7.70. The van der Waals surface area contributed by atoms with Crippen LogP contribution in [0.15, 0.2) is 0 Å². The van der Waals surface area contributed by atoms with Crippen LogP contribution in [0.2, 0.25) is 5.15 Å². The molecular formula is C8H12ClN3OS. The lowest BCUT2D eigenvalue weighted by atomic mass is 10.5. The zero-order valence-corrected chi connectivity index (χ0v) is 9.27. The summed E-state index contributed by atoms with van der Waals surface area (Å²) in [6.45, 7) is 3.74. The highest BCUT2D eigenvalue weighted by Crippen LogP contribution is 2.29. The van der Waals surface area contributed by atoms with E-state index in [0.29, 0.717) is 11.7 Å². The molecule has 0 unspecified atom stereocenters. The minimum atomic E-state index is 0.459. The van der Waals surface area contributed by atoms with Crippen LogP contribution in [-0.2, 0) is 11.3 Å². The van der Waals surface area contributed by atoms with Gasteiger partial charge in [-0.1, -0.05) is 22.9 Å². The van der Waals surface area contributed by atoms with Crippen LogP contribution in [0.3, 0.4) is 0 Å². The van der Waals surface area contributed by atoms with E-state index in [-0.39, 0.29) is 0 Å². The number of anilines is 1. The second kappa shape index (κ2) is 4.44. The third kappa shape index (κ3) is 2.00. The molecule has 0 aromatic carbocycles. The third-order valence-corrected chi connectivity index (χ3v) is 3.67. The van der Waals surface area contributed by atoms with Crippen molar-refractivity contribution in [3.63, 3.8) is 0 Å². The number of nitrogens with two attached hydrogens (primary N) is 1. The first-order chi connectivity index (χ1) is 6.81. The van der Waals surface area contributed by atoms with Crippen molar-refractivity contribution in [2.24, 2.45) is 5.73 Å². The number of thiazole rings is 1. The van der Waals surface area contributed by atoms with Crippen LogP contribution in [0.25, 0.3) is 0 Å². The van der Waals surface area contributed by atoms with E-state index in [4.69, 9.17) is 22.1 Å². The fraction of sp³-hybridized carbons (Fsp3) is 0.625. The van der Waals surface area contributed by atoms with Crippen molar-refractivity contribution in [3.8, 4) is 0 Å². The van der Waals surface area contributed by atoms with E-state index in [1.807, 2.05) is 0 Å². The molecule has 1 aromatic rings. The molecule has 0 aliphatic carbocycles. The molecule has 1 aliphatic heterocycles. The second-order valence-electron chi connectivity index (χ2n) is 3.01. The average Bonchev–Trinajstić information content (AvgIpc) is 2.61. The Morgan fingerprint density at radius 2 is 2.21 bits per heavy atom.